The fourth-order valence-corrected chi connectivity index (χ4v) is 3.09. The van der Waals surface area contributed by atoms with E-state index in [2.05, 4.69) is 0 Å². The molecule has 1 aromatic carbocycles. The Morgan fingerprint density at radius 1 is 1.33 bits per heavy atom. The summed E-state index contributed by atoms with van der Waals surface area (Å²) in [5.41, 5.74) is -0.221. The monoisotopic (exact) mass is 382 g/mol. The van der Waals surface area contributed by atoms with Crippen LogP contribution in [0.25, 0.3) is 0 Å². The number of amides is 2. The van der Waals surface area contributed by atoms with Crippen LogP contribution >= 0.6 is 0 Å². The third-order valence-corrected chi connectivity index (χ3v) is 4.57. The molecule has 9 heteroatoms. The number of ether oxygens (including phenoxy) is 2. The first-order valence-corrected chi connectivity index (χ1v) is 8.80. The molecule has 27 heavy (non-hydrogen) atoms. The van der Waals surface area contributed by atoms with E-state index in [4.69, 9.17) is 9.47 Å². The van der Waals surface area contributed by atoms with E-state index in [-0.39, 0.29) is 31.1 Å². The van der Waals surface area contributed by atoms with Crippen molar-refractivity contribution >= 4 is 29.3 Å². The van der Waals surface area contributed by atoms with Crippen molar-refractivity contribution in [1.82, 2.24) is 0 Å². The van der Waals surface area contributed by atoms with Gasteiger partial charge in [-0.15, -0.1) is 0 Å². The Kier molecular flexibility index (Phi) is 5.03. The number of carbonyl (C=O) groups is 3. The van der Waals surface area contributed by atoms with E-state index in [0.29, 0.717) is 6.42 Å². The lowest BCUT2D eigenvalue weighted by Crippen LogP contribution is -2.34. The van der Waals surface area contributed by atoms with Crippen molar-refractivity contribution in [3.63, 3.8) is 0 Å². The third-order valence-electron chi connectivity index (χ3n) is 4.57. The zero-order chi connectivity index (χ0) is 19.8. The van der Waals surface area contributed by atoms with Gasteiger partial charge in [-0.2, -0.15) is 8.78 Å². The van der Waals surface area contributed by atoms with E-state index >= 15 is 0 Å². The minimum absolute atomic E-state index is 0.109. The van der Waals surface area contributed by atoms with Gasteiger partial charge in [0.1, 0.15) is 0 Å². The van der Waals surface area contributed by atoms with E-state index in [1.165, 1.54) is 12.1 Å². The molecule has 7 nitrogen and oxygen atoms in total. The van der Waals surface area contributed by atoms with Gasteiger partial charge >= 0.3 is 23.9 Å². The summed E-state index contributed by atoms with van der Waals surface area (Å²) in [5, 5.41) is 0. The van der Waals surface area contributed by atoms with Crippen LogP contribution in [0.15, 0.2) is 18.2 Å². The van der Waals surface area contributed by atoms with Crippen molar-refractivity contribution in [3.05, 3.63) is 23.8 Å². The Labute approximate surface area is 154 Å². The summed E-state index contributed by atoms with van der Waals surface area (Å²) in [4.78, 5) is 38.0. The minimum Gasteiger partial charge on any atom is -0.463 e. The number of likely N-dealkylation sites (N-methyl/N-ethyl adjacent to an activating group) is 1. The molecule has 0 aliphatic carbocycles. The van der Waals surface area contributed by atoms with Gasteiger partial charge in [0.15, 0.2) is 0 Å². The molecule has 0 N–H and O–H groups in total. The van der Waals surface area contributed by atoms with Gasteiger partial charge in [-0.25, -0.2) is 9.59 Å². The SMILES string of the molecule is CCCCOC(=O)C1CN(c2ccc3c(c2)C(F)(F)C(=O)N3CC)C(=O)O1. The smallest absolute Gasteiger partial charge is 0.415 e. The molecule has 1 atom stereocenters. The molecule has 2 heterocycles. The predicted molar refractivity (Wildman–Crippen MR) is 91.8 cm³/mol. The van der Waals surface area contributed by atoms with Crippen LogP contribution in [0.1, 0.15) is 32.3 Å². The largest absolute Gasteiger partial charge is 0.463 e. The third kappa shape index (κ3) is 3.22. The second-order valence-electron chi connectivity index (χ2n) is 6.33. The summed E-state index contributed by atoms with van der Waals surface area (Å²) in [6.07, 6.45) is -0.400. The molecule has 0 aromatic heterocycles. The molecule has 3 rings (SSSR count). The quantitative estimate of drug-likeness (QED) is 0.559. The maximum Gasteiger partial charge on any atom is 0.415 e. The summed E-state index contributed by atoms with van der Waals surface area (Å²) < 4.78 is 38.7. The average Bonchev–Trinajstić information content (AvgIpc) is 3.11. The fraction of sp³-hybridized carbons (Fsp3) is 0.500. The highest BCUT2D eigenvalue weighted by molar-refractivity contribution is 6.06. The lowest BCUT2D eigenvalue weighted by molar-refractivity contribution is -0.151. The number of rotatable bonds is 6. The Morgan fingerprint density at radius 2 is 2.07 bits per heavy atom. The molecule has 146 valence electrons. The van der Waals surface area contributed by atoms with Crippen molar-refractivity contribution < 1.29 is 32.6 Å². The van der Waals surface area contributed by atoms with Crippen LogP contribution in [-0.4, -0.2) is 43.8 Å². The predicted octanol–water partition coefficient (Wildman–Crippen LogP) is 2.81. The maximum absolute atomic E-state index is 14.3. The zero-order valence-electron chi connectivity index (χ0n) is 15.0. The van der Waals surface area contributed by atoms with Crippen LogP contribution in [-0.2, 0) is 25.0 Å². The molecule has 0 bridgehead atoms. The maximum atomic E-state index is 14.3. The van der Waals surface area contributed by atoms with Crippen LogP contribution in [0.5, 0.6) is 0 Å². The van der Waals surface area contributed by atoms with E-state index in [1.54, 1.807) is 6.92 Å². The van der Waals surface area contributed by atoms with Crippen LogP contribution < -0.4 is 9.80 Å². The van der Waals surface area contributed by atoms with Crippen molar-refractivity contribution in [1.29, 1.82) is 0 Å². The van der Waals surface area contributed by atoms with Crippen LogP contribution in [0, 0.1) is 0 Å². The number of benzene rings is 1. The molecule has 1 aromatic rings. The highest BCUT2D eigenvalue weighted by atomic mass is 19.3. The minimum atomic E-state index is -3.66. The number of unbranched alkanes of at least 4 members (excludes halogenated alkanes) is 1. The lowest BCUT2D eigenvalue weighted by atomic mass is 10.1. The number of anilines is 2. The number of fused-ring (bicyclic) bond motifs is 1. The normalized spacial score (nSPS) is 20.7. The van der Waals surface area contributed by atoms with Crippen LogP contribution in [0.2, 0.25) is 0 Å². The lowest BCUT2D eigenvalue weighted by Gasteiger charge is -2.16. The topological polar surface area (TPSA) is 76.2 Å². The molecule has 1 unspecified atom stereocenters. The van der Waals surface area contributed by atoms with Crippen LogP contribution in [0.4, 0.5) is 25.0 Å². The van der Waals surface area contributed by atoms with Crippen molar-refractivity contribution in [3.8, 4) is 0 Å². The van der Waals surface area contributed by atoms with E-state index < -0.39 is 35.6 Å². The highest BCUT2D eigenvalue weighted by Crippen LogP contribution is 2.45. The summed E-state index contributed by atoms with van der Waals surface area (Å²) in [6, 6.07) is 3.91. The van der Waals surface area contributed by atoms with E-state index in [1.807, 2.05) is 6.92 Å². The molecule has 2 amide bonds. The first-order chi connectivity index (χ1) is 12.8. The zero-order valence-corrected chi connectivity index (χ0v) is 15.0. The highest BCUT2D eigenvalue weighted by Gasteiger charge is 2.52. The van der Waals surface area contributed by atoms with E-state index in [9.17, 15) is 23.2 Å². The molecular weight excluding hydrogens is 362 g/mol. The first-order valence-electron chi connectivity index (χ1n) is 8.80. The molecule has 1 saturated heterocycles. The van der Waals surface area contributed by atoms with Gasteiger partial charge in [0.05, 0.1) is 24.4 Å². The van der Waals surface area contributed by atoms with Gasteiger partial charge in [-0.05, 0) is 31.5 Å². The van der Waals surface area contributed by atoms with Crippen molar-refractivity contribution in [2.24, 2.45) is 0 Å². The summed E-state index contributed by atoms with van der Waals surface area (Å²) >= 11 is 0. The summed E-state index contributed by atoms with van der Waals surface area (Å²) in [6.45, 7) is 3.74. The number of nitrogens with zero attached hydrogens (tertiary/aromatic N) is 2. The van der Waals surface area contributed by atoms with Crippen molar-refractivity contribution in [2.45, 2.75) is 38.7 Å². The molecule has 0 saturated carbocycles. The molecule has 2 aliphatic rings. The van der Waals surface area contributed by atoms with Crippen LogP contribution in [0.3, 0.4) is 0 Å². The number of alkyl halides is 2. The van der Waals surface area contributed by atoms with Gasteiger partial charge in [-0.3, -0.25) is 9.69 Å². The fourth-order valence-electron chi connectivity index (χ4n) is 3.09. The number of hydrogen-bond donors (Lipinski definition) is 0. The molecule has 0 spiro atoms. The second kappa shape index (κ2) is 7.13. The van der Waals surface area contributed by atoms with Gasteiger partial charge < -0.3 is 14.4 Å². The van der Waals surface area contributed by atoms with Gasteiger partial charge in [0.2, 0.25) is 6.10 Å². The van der Waals surface area contributed by atoms with Crippen molar-refractivity contribution in [2.75, 3.05) is 29.5 Å². The standard InChI is InChI=1S/C18H20F2N2O5/c1-3-5-8-26-15(23)14-10-22(17(25)27-14)11-6-7-13-12(9-11)18(19,20)16(24)21(13)4-2/h6-7,9,14H,3-5,8,10H2,1-2H3. The molecule has 2 aliphatic heterocycles. The summed E-state index contributed by atoms with van der Waals surface area (Å²) in [5.74, 6) is -5.62. The number of esters is 1. The van der Waals surface area contributed by atoms with Gasteiger partial charge in [0, 0.05) is 12.2 Å². The van der Waals surface area contributed by atoms with Gasteiger partial charge in [-0.1, -0.05) is 13.3 Å². The molecule has 0 radical (unpaired) electrons. The molecular formula is C18H20F2N2O5. The average molecular weight is 382 g/mol. The Hall–Kier alpha value is -2.71. The molecule has 1 fully saturated rings. The second-order valence-corrected chi connectivity index (χ2v) is 6.33. The first kappa shape index (κ1) is 19.1. The Balaban J connectivity index is 1.80. The van der Waals surface area contributed by atoms with E-state index in [0.717, 1.165) is 22.3 Å². The number of hydrogen-bond acceptors (Lipinski definition) is 5. The van der Waals surface area contributed by atoms with Gasteiger partial charge in [0.25, 0.3) is 0 Å². The number of cyclic esters (lactones) is 1. The summed E-state index contributed by atoms with van der Waals surface area (Å²) in [7, 11) is 0. The Morgan fingerprint density at radius 3 is 2.74 bits per heavy atom. The Bertz CT molecular complexity index is 783. The number of halogens is 2. The number of carbonyl (C=O) groups excluding carboxylic acids is 3.